The Balaban J connectivity index is 2.04. The van der Waals surface area contributed by atoms with Crippen LogP contribution < -0.4 is 10.6 Å². The van der Waals surface area contributed by atoms with Crippen LogP contribution in [0.4, 0.5) is 5.69 Å². The summed E-state index contributed by atoms with van der Waals surface area (Å²) in [4.78, 5) is 23.4. The van der Waals surface area contributed by atoms with Gasteiger partial charge in [0.15, 0.2) is 0 Å². The maximum atomic E-state index is 11.8. The van der Waals surface area contributed by atoms with Crippen molar-refractivity contribution in [1.82, 2.24) is 10.5 Å². The van der Waals surface area contributed by atoms with E-state index in [2.05, 4.69) is 15.8 Å². The lowest BCUT2D eigenvalue weighted by molar-refractivity contribution is 0.0954. The van der Waals surface area contributed by atoms with Crippen molar-refractivity contribution < 1.29 is 14.1 Å². The van der Waals surface area contributed by atoms with Crippen molar-refractivity contribution in [3.05, 3.63) is 47.3 Å². The molecule has 0 aliphatic rings. The molecule has 0 atom stereocenters. The molecule has 0 saturated heterocycles. The van der Waals surface area contributed by atoms with E-state index < -0.39 is 0 Å². The Labute approximate surface area is 116 Å². The fraction of sp³-hybridized carbons (Fsp3) is 0.214. The Kier molecular flexibility index (Phi) is 4.14. The normalized spacial score (nSPS) is 10.1. The summed E-state index contributed by atoms with van der Waals surface area (Å²) < 4.78 is 4.87. The number of hydrogen-bond acceptors (Lipinski definition) is 4. The van der Waals surface area contributed by atoms with Crippen LogP contribution in [0.3, 0.4) is 0 Å². The zero-order valence-electron chi connectivity index (χ0n) is 11.3. The summed E-state index contributed by atoms with van der Waals surface area (Å²) in [7, 11) is 0. The third-order valence-electron chi connectivity index (χ3n) is 2.59. The predicted octanol–water partition coefficient (Wildman–Crippen LogP) is 1.99. The minimum Gasteiger partial charge on any atom is -0.352 e. The largest absolute Gasteiger partial charge is 0.352 e. The van der Waals surface area contributed by atoms with Gasteiger partial charge in [-0.15, -0.1) is 0 Å². The molecule has 6 nitrogen and oxygen atoms in total. The molecular weight excluding hydrogens is 258 g/mol. The smallest absolute Gasteiger partial charge is 0.294 e. The summed E-state index contributed by atoms with van der Waals surface area (Å²) in [6, 6.07) is 8.16. The second-order valence-corrected chi connectivity index (χ2v) is 4.22. The van der Waals surface area contributed by atoms with Crippen LogP contribution in [0.25, 0.3) is 0 Å². The van der Waals surface area contributed by atoms with Gasteiger partial charge in [-0.2, -0.15) is 0 Å². The molecular formula is C14H15N3O3. The van der Waals surface area contributed by atoms with Crippen LogP contribution >= 0.6 is 0 Å². The van der Waals surface area contributed by atoms with E-state index in [4.69, 9.17) is 4.52 Å². The van der Waals surface area contributed by atoms with Gasteiger partial charge in [0.1, 0.15) is 0 Å². The van der Waals surface area contributed by atoms with E-state index in [0.29, 0.717) is 23.5 Å². The SMILES string of the molecule is CCNC(=O)c1ccc(NC(=O)c2cc(C)no2)cc1. The molecule has 6 heteroatoms. The van der Waals surface area contributed by atoms with Crippen molar-refractivity contribution in [2.45, 2.75) is 13.8 Å². The summed E-state index contributed by atoms with van der Waals surface area (Å²) in [5, 5.41) is 9.01. The Morgan fingerprint density at radius 1 is 1.20 bits per heavy atom. The Hall–Kier alpha value is -2.63. The van der Waals surface area contributed by atoms with E-state index in [1.807, 2.05) is 6.92 Å². The molecule has 2 amide bonds. The first-order valence-electron chi connectivity index (χ1n) is 6.23. The Morgan fingerprint density at radius 3 is 2.45 bits per heavy atom. The quantitative estimate of drug-likeness (QED) is 0.892. The van der Waals surface area contributed by atoms with Crippen LogP contribution in [0.2, 0.25) is 0 Å². The third kappa shape index (κ3) is 3.23. The molecule has 1 aromatic carbocycles. The molecule has 2 aromatic rings. The number of carbonyl (C=O) groups is 2. The first-order valence-corrected chi connectivity index (χ1v) is 6.23. The summed E-state index contributed by atoms with van der Waals surface area (Å²) in [5.74, 6) is -0.372. The highest BCUT2D eigenvalue weighted by Gasteiger charge is 2.12. The van der Waals surface area contributed by atoms with Crippen molar-refractivity contribution in [2.24, 2.45) is 0 Å². The lowest BCUT2D eigenvalue weighted by Crippen LogP contribution is -2.22. The van der Waals surface area contributed by atoms with E-state index in [0.717, 1.165) is 0 Å². The lowest BCUT2D eigenvalue weighted by atomic mass is 10.2. The second kappa shape index (κ2) is 6.01. The highest BCUT2D eigenvalue weighted by Crippen LogP contribution is 2.12. The van der Waals surface area contributed by atoms with Crippen LogP contribution in [0, 0.1) is 6.92 Å². The van der Waals surface area contributed by atoms with Crippen molar-refractivity contribution in [1.29, 1.82) is 0 Å². The van der Waals surface area contributed by atoms with Crippen LogP contribution in [0.1, 0.15) is 33.5 Å². The van der Waals surface area contributed by atoms with E-state index in [9.17, 15) is 9.59 Å². The minimum atomic E-state index is -0.378. The minimum absolute atomic E-state index is 0.142. The van der Waals surface area contributed by atoms with Crippen molar-refractivity contribution in [3.63, 3.8) is 0 Å². The molecule has 0 unspecified atom stereocenters. The first kappa shape index (κ1) is 13.8. The van der Waals surface area contributed by atoms with Crippen molar-refractivity contribution >= 4 is 17.5 Å². The fourth-order valence-electron chi connectivity index (χ4n) is 1.63. The maximum Gasteiger partial charge on any atom is 0.294 e. The number of aryl methyl sites for hydroxylation is 1. The zero-order valence-corrected chi connectivity index (χ0v) is 11.3. The van der Waals surface area contributed by atoms with Crippen LogP contribution in [0.5, 0.6) is 0 Å². The Morgan fingerprint density at radius 2 is 1.90 bits per heavy atom. The molecule has 0 bridgehead atoms. The third-order valence-corrected chi connectivity index (χ3v) is 2.59. The zero-order chi connectivity index (χ0) is 14.5. The van der Waals surface area contributed by atoms with Crippen molar-refractivity contribution in [3.8, 4) is 0 Å². The summed E-state index contributed by atoms with van der Waals surface area (Å²) in [6.45, 7) is 4.16. The summed E-state index contributed by atoms with van der Waals surface area (Å²) >= 11 is 0. The number of nitrogens with one attached hydrogen (secondary N) is 2. The van der Waals surface area contributed by atoms with E-state index in [1.54, 1.807) is 37.3 Å². The van der Waals surface area contributed by atoms with Gasteiger partial charge in [-0.05, 0) is 38.1 Å². The number of nitrogens with zero attached hydrogens (tertiary/aromatic N) is 1. The van der Waals surface area contributed by atoms with Gasteiger partial charge >= 0.3 is 0 Å². The van der Waals surface area contributed by atoms with Gasteiger partial charge in [0.25, 0.3) is 11.8 Å². The van der Waals surface area contributed by atoms with Gasteiger partial charge in [0.2, 0.25) is 5.76 Å². The molecule has 2 rings (SSSR count). The number of benzene rings is 1. The molecule has 0 fully saturated rings. The number of rotatable bonds is 4. The van der Waals surface area contributed by atoms with Crippen molar-refractivity contribution in [2.75, 3.05) is 11.9 Å². The second-order valence-electron chi connectivity index (χ2n) is 4.22. The molecule has 0 saturated carbocycles. The number of hydrogen-bond donors (Lipinski definition) is 2. The highest BCUT2D eigenvalue weighted by atomic mass is 16.5. The number of amides is 2. The Bertz CT molecular complexity index is 617. The van der Waals surface area contributed by atoms with E-state index in [1.165, 1.54) is 0 Å². The van der Waals surface area contributed by atoms with E-state index >= 15 is 0 Å². The van der Waals surface area contributed by atoms with Gasteiger partial charge < -0.3 is 15.2 Å². The van der Waals surface area contributed by atoms with Gasteiger partial charge in [-0.25, -0.2) is 0 Å². The summed E-state index contributed by atoms with van der Waals surface area (Å²) in [5.41, 5.74) is 1.76. The van der Waals surface area contributed by atoms with Crippen LogP contribution in [0.15, 0.2) is 34.9 Å². The van der Waals surface area contributed by atoms with Gasteiger partial charge in [0.05, 0.1) is 5.69 Å². The molecule has 1 aromatic heterocycles. The number of anilines is 1. The average Bonchev–Trinajstić information content (AvgIpc) is 2.86. The van der Waals surface area contributed by atoms with Gasteiger partial charge in [-0.3, -0.25) is 9.59 Å². The summed E-state index contributed by atoms with van der Waals surface area (Å²) in [6.07, 6.45) is 0. The molecule has 20 heavy (non-hydrogen) atoms. The monoisotopic (exact) mass is 273 g/mol. The predicted molar refractivity (Wildman–Crippen MR) is 73.6 cm³/mol. The van der Waals surface area contributed by atoms with Gasteiger partial charge in [0, 0.05) is 23.9 Å². The number of carbonyl (C=O) groups excluding carboxylic acids is 2. The standard InChI is InChI=1S/C14H15N3O3/c1-3-15-13(18)10-4-6-11(7-5-10)16-14(19)12-8-9(2)17-20-12/h4-8H,3H2,1-2H3,(H,15,18)(H,16,19). The van der Waals surface area contributed by atoms with E-state index in [-0.39, 0.29) is 17.6 Å². The molecule has 1 heterocycles. The van der Waals surface area contributed by atoms with Crippen LogP contribution in [-0.4, -0.2) is 23.5 Å². The average molecular weight is 273 g/mol. The van der Waals surface area contributed by atoms with Crippen LogP contribution in [-0.2, 0) is 0 Å². The fourth-order valence-corrected chi connectivity index (χ4v) is 1.63. The lowest BCUT2D eigenvalue weighted by Gasteiger charge is -2.05. The number of aromatic nitrogens is 1. The molecule has 0 radical (unpaired) electrons. The van der Waals surface area contributed by atoms with Gasteiger partial charge in [-0.1, -0.05) is 5.16 Å². The first-order chi connectivity index (χ1) is 9.60. The maximum absolute atomic E-state index is 11.8. The molecule has 2 N–H and O–H groups in total. The molecule has 104 valence electrons. The molecule has 0 spiro atoms. The molecule has 0 aliphatic carbocycles. The highest BCUT2D eigenvalue weighted by molar-refractivity contribution is 6.02. The topological polar surface area (TPSA) is 84.2 Å². The molecule has 0 aliphatic heterocycles.